The monoisotopic (exact) mass is 224 g/mol. The molecule has 0 saturated heterocycles. The first-order valence-corrected chi connectivity index (χ1v) is 5.72. The predicted molar refractivity (Wildman–Crippen MR) is 62.8 cm³/mol. The van der Waals surface area contributed by atoms with E-state index in [4.69, 9.17) is 0 Å². The summed E-state index contributed by atoms with van der Waals surface area (Å²) in [6.07, 6.45) is 1.76. The Bertz CT molecular complexity index is 345. The smallest absolute Gasteiger partial charge is 0.175 e. The van der Waals surface area contributed by atoms with Gasteiger partial charge in [0.05, 0.1) is 5.25 Å². The van der Waals surface area contributed by atoms with Crippen LogP contribution in [0.4, 0.5) is 4.39 Å². The summed E-state index contributed by atoms with van der Waals surface area (Å²) in [5.74, 6) is 0.452. The van der Waals surface area contributed by atoms with Gasteiger partial charge in [-0.1, -0.05) is 6.08 Å². The van der Waals surface area contributed by atoms with Crippen LogP contribution < -0.4 is 0 Å². The molecule has 0 aromatic heterocycles. The summed E-state index contributed by atoms with van der Waals surface area (Å²) in [5.41, 5.74) is 0.556. The molecule has 3 heteroatoms. The van der Waals surface area contributed by atoms with E-state index in [-0.39, 0.29) is 16.9 Å². The van der Waals surface area contributed by atoms with Crippen LogP contribution in [0.25, 0.3) is 0 Å². The molecule has 0 aliphatic carbocycles. The molecule has 0 fully saturated rings. The Kier molecular flexibility index (Phi) is 4.56. The average molecular weight is 224 g/mol. The maximum absolute atomic E-state index is 12.6. The second kappa shape index (κ2) is 5.71. The molecular weight excluding hydrogens is 211 g/mol. The van der Waals surface area contributed by atoms with Crippen LogP contribution in [0.15, 0.2) is 36.9 Å². The number of carbonyl (C=O) groups excluding carboxylic acids is 1. The van der Waals surface area contributed by atoms with E-state index in [1.54, 1.807) is 6.08 Å². The summed E-state index contributed by atoms with van der Waals surface area (Å²) in [6.45, 7) is 5.44. The minimum Gasteiger partial charge on any atom is -0.293 e. The zero-order valence-electron chi connectivity index (χ0n) is 8.57. The number of thioether (sulfide) groups is 1. The molecule has 0 bridgehead atoms. The van der Waals surface area contributed by atoms with E-state index in [2.05, 4.69) is 6.58 Å². The predicted octanol–water partition coefficient (Wildman–Crippen LogP) is 3.32. The van der Waals surface area contributed by atoms with Gasteiger partial charge in [-0.15, -0.1) is 18.3 Å². The molecule has 0 heterocycles. The van der Waals surface area contributed by atoms with Crippen LogP contribution >= 0.6 is 11.8 Å². The Labute approximate surface area is 93.4 Å². The Morgan fingerprint density at radius 1 is 1.53 bits per heavy atom. The molecule has 1 rings (SSSR count). The average Bonchev–Trinajstić information content (AvgIpc) is 2.26. The minimum atomic E-state index is -0.321. The third-order valence-corrected chi connectivity index (χ3v) is 3.10. The second-order valence-corrected chi connectivity index (χ2v) is 4.51. The third kappa shape index (κ3) is 3.51. The van der Waals surface area contributed by atoms with Crippen molar-refractivity contribution in [1.29, 1.82) is 0 Å². The maximum atomic E-state index is 12.6. The molecule has 1 unspecified atom stereocenters. The number of rotatable bonds is 5. The van der Waals surface area contributed by atoms with Gasteiger partial charge >= 0.3 is 0 Å². The molecule has 0 saturated carbocycles. The Morgan fingerprint density at radius 2 is 2.13 bits per heavy atom. The van der Waals surface area contributed by atoms with Crippen LogP contribution in [-0.2, 0) is 0 Å². The van der Waals surface area contributed by atoms with Crippen LogP contribution in [-0.4, -0.2) is 16.8 Å². The number of Topliss-reactive ketones (excluding diaryl/α,β-unsaturated/α-hetero) is 1. The van der Waals surface area contributed by atoms with Gasteiger partial charge in [0, 0.05) is 11.3 Å². The van der Waals surface area contributed by atoms with E-state index in [1.807, 2.05) is 6.92 Å². The number of halogens is 1. The Hall–Kier alpha value is -1.09. The van der Waals surface area contributed by atoms with Gasteiger partial charge in [0.15, 0.2) is 5.78 Å². The van der Waals surface area contributed by atoms with Crippen LogP contribution in [0.5, 0.6) is 0 Å². The third-order valence-electron chi connectivity index (χ3n) is 1.96. The molecule has 1 aromatic carbocycles. The SMILES string of the molecule is C=CCSC(C)C(=O)c1ccc(F)cc1. The van der Waals surface area contributed by atoms with Crippen LogP contribution in [0.3, 0.4) is 0 Å². The summed E-state index contributed by atoms with van der Waals surface area (Å²) in [6, 6.07) is 5.64. The first kappa shape index (κ1) is 12.0. The first-order chi connectivity index (χ1) is 7.15. The Morgan fingerprint density at radius 3 is 2.67 bits per heavy atom. The fraction of sp³-hybridized carbons (Fsp3) is 0.250. The standard InChI is InChI=1S/C12H13FOS/c1-3-8-15-9(2)12(14)10-4-6-11(13)7-5-10/h3-7,9H,1,8H2,2H3. The summed E-state index contributed by atoms with van der Waals surface area (Å²) in [4.78, 5) is 11.8. The van der Waals surface area contributed by atoms with E-state index in [0.29, 0.717) is 5.56 Å². The molecule has 15 heavy (non-hydrogen) atoms. The molecule has 1 atom stereocenters. The lowest BCUT2D eigenvalue weighted by Crippen LogP contribution is -2.13. The van der Waals surface area contributed by atoms with Crippen molar-refractivity contribution in [2.75, 3.05) is 5.75 Å². The van der Waals surface area contributed by atoms with Crippen molar-refractivity contribution in [2.24, 2.45) is 0 Å². The van der Waals surface area contributed by atoms with Gasteiger partial charge in [-0.2, -0.15) is 0 Å². The fourth-order valence-electron chi connectivity index (χ4n) is 1.14. The fourth-order valence-corrected chi connectivity index (χ4v) is 1.85. The van der Waals surface area contributed by atoms with Crippen LogP contribution in [0.2, 0.25) is 0 Å². The number of benzene rings is 1. The van der Waals surface area contributed by atoms with Crippen molar-refractivity contribution in [3.05, 3.63) is 48.3 Å². The van der Waals surface area contributed by atoms with Crippen molar-refractivity contribution >= 4 is 17.5 Å². The molecule has 0 aliphatic heterocycles. The zero-order chi connectivity index (χ0) is 11.3. The largest absolute Gasteiger partial charge is 0.293 e. The molecule has 0 N–H and O–H groups in total. The number of ketones is 1. The summed E-state index contributed by atoms with van der Waals surface area (Å²) in [5, 5.41) is -0.117. The highest BCUT2D eigenvalue weighted by Gasteiger charge is 2.14. The topological polar surface area (TPSA) is 17.1 Å². The normalized spacial score (nSPS) is 12.1. The van der Waals surface area contributed by atoms with Crippen molar-refractivity contribution in [1.82, 2.24) is 0 Å². The lowest BCUT2D eigenvalue weighted by atomic mass is 10.1. The van der Waals surface area contributed by atoms with Crippen molar-refractivity contribution in [2.45, 2.75) is 12.2 Å². The zero-order valence-corrected chi connectivity index (χ0v) is 9.39. The molecule has 0 aliphatic rings. The van der Waals surface area contributed by atoms with Crippen LogP contribution in [0, 0.1) is 5.82 Å². The maximum Gasteiger partial charge on any atom is 0.175 e. The highest BCUT2D eigenvalue weighted by molar-refractivity contribution is 8.00. The molecule has 1 aromatic rings. The highest BCUT2D eigenvalue weighted by Crippen LogP contribution is 2.16. The lowest BCUT2D eigenvalue weighted by Gasteiger charge is -2.08. The highest BCUT2D eigenvalue weighted by atomic mass is 32.2. The minimum absolute atomic E-state index is 0.0295. The lowest BCUT2D eigenvalue weighted by molar-refractivity contribution is 0.0994. The van der Waals surface area contributed by atoms with E-state index < -0.39 is 0 Å². The van der Waals surface area contributed by atoms with Gasteiger partial charge in [-0.05, 0) is 31.2 Å². The first-order valence-electron chi connectivity index (χ1n) is 4.67. The van der Waals surface area contributed by atoms with Crippen molar-refractivity contribution in [3.8, 4) is 0 Å². The second-order valence-electron chi connectivity index (χ2n) is 3.14. The van der Waals surface area contributed by atoms with Gasteiger partial charge < -0.3 is 0 Å². The number of hydrogen-bond donors (Lipinski definition) is 0. The summed E-state index contributed by atoms with van der Waals surface area (Å²) < 4.78 is 12.6. The van der Waals surface area contributed by atoms with Gasteiger partial charge in [0.1, 0.15) is 5.82 Å². The molecule has 80 valence electrons. The Balaban J connectivity index is 2.67. The number of carbonyl (C=O) groups is 1. The van der Waals surface area contributed by atoms with Gasteiger partial charge in [0.2, 0.25) is 0 Å². The van der Waals surface area contributed by atoms with Crippen LogP contribution in [0.1, 0.15) is 17.3 Å². The molecule has 0 radical (unpaired) electrons. The molecule has 1 nitrogen and oxygen atoms in total. The van der Waals surface area contributed by atoms with Gasteiger partial charge in [0.25, 0.3) is 0 Å². The quantitative estimate of drug-likeness (QED) is 0.564. The number of hydrogen-bond acceptors (Lipinski definition) is 2. The van der Waals surface area contributed by atoms with Crippen molar-refractivity contribution < 1.29 is 9.18 Å². The molecular formula is C12H13FOS. The molecule has 0 amide bonds. The summed E-state index contributed by atoms with van der Waals surface area (Å²) >= 11 is 1.52. The van der Waals surface area contributed by atoms with Gasteiger partial charge in [-0.3, -0.25) is 4.79 Å². The van der Waals surface area contributed by atoms with Gasteiger partial charge in [-0.25, -0.2) is 4.39 Å². The summed E-state index contributed by atoms with van der Waals surface area (Å²) in [7, 11) is 0. The van der Waals surface area contributed by atoms with Crippen molar-refractivity contribution in [3.63, 3.8) is 0 Å². The van der Waals surface area contributed by atoms with E-state index in [1.165, 1.54) is 36.0 Å². The van der Waals surface area contributed by atoms with E-state index in [0.717, 1.165) is 5.75 Å². The van der Waals surface area contributed by atoms with E-state index >= 15 is 0 Å². The van der Waals surface area contributed by atoms with E-state index in [9.17, 15) is 9.18 Å². The molecule has 0 spiro atoms.